The standard InChI is InChI=1S/C9H15FN2/c10-12-7-3-5-8-4-1-2-6-11-9(8)12/h8H,1-7H2/p+1. The number of fused-ring (bicyclic) bond motifs is 1. The van der Waals surface area contributed by atoms with Crippen LogP contribution in [0, 0.1) is 5.92 Å². The second-order valence-electron chi connectivity index (χ2n) is 3.73. The lowest BCUT2D eigenvalue weighted by Crippen LogP contribution is -2.39. The van der Waals surface area contributed by atoms with E-state index >= 15 is 0 Å². The van der Waals surface area contributed by atoms with Crippen LogP contribution in [0.25, 0.3) is 0 Å². The lowest BCUT2D eigenvalue weighted by molar-refractivity contribution is -0.714. The molecule has 1 fully saturated rings. The van der Waals surface area contributed by atoms with Crippen molar-refractivity contribution in [1.82, 2.24) is 5.32 Å². The number of halogens is 1. The minimum atomic E-state index is 0.478. The predicted octanol–water partition coefficient (Wildman–Crippen LogP) is 1.47. The fourth-order valence-corrected chi connectivity index (χ4v) is 2.18. The van der Waals surface area contributed by atoms with Crippen molar-refractivity contribution < 1.29 is 9.28 Å². The molecule has 2 aliphatic rings. The van der Waals surface area contributed by atoms with Crippen LogP contribution >= 0.6 is 0 Å². The van der Waals surface area contributed by atoms with Crippen LogP contribution in [0.2, 0.25) is 0 Å². The summed E-state index contributed by atoms with van der Waals surface area (Å²) in [5.74, 6) is 1.34. The Morgan fingerprint density at radius 1 is 1.25 bits per heavy atom. The molecule has 0 saturated carbocycles. The van der Waals surface area contributed by atoms with Gasteiger partial charge in [0.1, 0.15) is 6.54 Å². The zero-order valence-electron chi connectivity index (χ0n) is 7.35. The van der Waals surface area contributed by atoms with Gasteiger partial charge in [-0.2, -0.15) is 0 Å². The van der Waals surface area contributed by atoms with E-state index in [0.717, 1.165) is 23.6 Å². The molecule has 2 aliphatic heterocycles. The van der Waals surface area contributed by atoms with Gasteiger partial charge in [-0.15, -0.1) is 0 Å². The Kier molecular flexibility index (Phi) is 2.28. The van der Waals surface area contributed by atoms with Gasteiger partial charge in [0.2, 0.25) is 0 Å². The molecule has 1 atom stereocenters. The molecule has 1 saturated heterocycles. The van der Waals surface area contributed by atoms with Crippen LogP contribution in [-0.2, 0) is 0 Å². The molecule has 0 spiro atoms. The fraction of sp³-hybridized carbons (Fsp3) is 0.889. The smallest absolute Gasteiger partial charge is 0.276 e. The molecule has 3 heteroatoms. The van der Waals surface area contributed by atoms with E-state index in [-0.39, 0.29) is 0 Å². The number of hydrogen-bond acceptors (Lipinski definition) is 1. The third-order valence-electron chi connectivity index (χ3n) is 2.84. The summed E-state index contributed by atoms with van der Waals surface area (Å²) >= 11 is 0. The van der Waals surface area contributed by atoms with Crippen LogP contribution in [0.3, 0.4) is 0 Å². The van der Waals surface area contributed by atoms with Gasteiger partial charge in [0.05, 0.1) is 12.5 Å². The Bertz CT molecular complexity index is 201. The Morgan fingerprint density at radius 2 is 2.08 bits per heavy atom. The van der Waals surface area contributed by atoms with Crippen molar-refractivity contribution in [2.45, 2.75) is 32.1 Å². The van der Waals surface area contributed by atoms with Gasteiger partial charge >= 0.3 is 0 Å². The molecule has 0 amide bonds. The summed E-state index contributed by atoms with van der Waals surface area (Å²) in [4.78, 5) is 0.916. The first-order valence-electron chi connectivity index (χ1n) is 4.92. The lowest BCUT2D eigenvalue weighted by Gasteiger charge is -2.17. The summed E-state index contributed by atoms with van der Waals surface area (Å²) in [7, 11) is 0. The highest BCUT2D eigenvalue weighted by molar-refractivity contribution is 5.80. The number of rotatable bonds is 0. The molecule has 0 radical (unpaired) electrons. The normalized spacial score (nSPS) is 30.6. The summed E-state index contributed by atoms with van der Waals surface area (Å²) in [5, 5.41) is 3.20. The molecule has 2 heterocycles. The molecule has 1 unspecified atom stereocenters. The van der Waals surface area contributed by atoms with E-state index < -0.39 is 0 Å². The Labute approximate surface area is 72.4 Å². The first-order chi connectivity index (χ1) is 5.88. The molecule has 2 nitrogen and oxygen atoms in total. The Hall–Kier alpha value is -0.600. The molecule has 0 bridgehead atoms. The minimum Gasteiger partial charge on any atom is -0.276 e. The second-order valence-corrected chi connectivity index (χ2v) is 3.73. The van der Waals surface area contributed by atoms with E-state index in [1.54, 1.807) is 0 Å². The van der Waals surface area contributed by atoms with Crippen molar-refractivity contribution >= 4 is 5.84 Å². The quantitative estimate of drug-likeness (QED) is 0.545. The van der Waals surface area contributed by atoms with Gasteiger partial charge in [-0.05, 0) is 36.6 Å². The third kappa shape index (κ3) is 1.45. The SMILES string of the molecule is F[N+]1=C2NCCCCC2CCC1. The highest BCUT2D eigenvalue weighted by Gasteiger charge is 2.30. The predicted molar refractivity (Wildman–Crippen MR) is 45.8 cm³/mol. The van der Waals surface area contributed by atoms with Crippen LogP contribution in [-0.4, -0.2) is 23.7 Å². The van der Waals surface area contributed by atoms with Gasteiger partial charge in [-0.1, -0.05) is 4.80 Å². The monoisotopic (exact) mass is 171 g/mol. The average molecular weight is 171 g/mol. The van der Waals surface area contributed by atoms with Crippen LogP contribution in [0.5, 0.6) is 0 Å². The van der Waals surface area contributed by atoms with E-state index in [9.17, 15) is 4.48 Å². The summed E-state index contributed by atoms with van der Waals surface area (Å²) < 4.78 is 13.2. The van der Waals surface area contributed by atoms with Crippen molar-refractivity contribution in [2.24, 2.45) is 5.92 Å². The highest BCUT2D eigenvalue weighted by atomic mass is 19.2. The van der Waals surface area contributed by atoms with Gasteiger partial charge in [-0.3, -0.25) is 5.32 Å². The van der Waals surface area contributed by atoms with E-state index in [4.69, 9.17) is 0 Å². The molecule has 68 valence electrons. The summed E-state index contributed by atoms with van der Waals surface area (Å²) in [6, 6.07) is 0. The summed E-state index contributed by atoms with van der Waals surface area (Å²) in [5.41, 5.74) is 0. The van der Waals surface area contributed by atoms with Crippen molar-refractivity contribution in [1.29, 1.82) is 0 Å². The topological polar surface area (TPSA) is 15.0 Å². The average Bonchev–Trinajstić information content (AvgIpc) is 2.30. The molecule has 12 heavy (non-hydrogen) atoms. The Morgan fingerprint density at radius 3 is 3.00 bits per heavy atom. The number of nitrogens with one attached hydrogen (secondary N) is 1. The summed E-state index contributed by atoms with van der Waals surface area (Å²) in [6.07, 6.45) is 5.78. The van der Waals surface area contributed by atoms with E-state index in [1.807, 2.05) is 0 Å². The number of amidine groups is 1. The molecule has 1 N–H and O–H groups in total. The van der Waals surface area contributed by atoms with Crippen molar-refractivity contribution in [3.63, 3.8) is 0 Å². The van der Waals surface area contributed by atoms with Crippen LogP contribution < -0.4 is 5.32 Å². The lowest BCUT2D eigenvalue weighted by atomic mass is 9.95. The highest BCUT2D eigenvalue weighted by Crippen LogP contribution is 2.21. The second kappa shape index (κ2) is 3.42. The van der Waals surface area contributed by atoms with Gasteiger partial charge in [0.15, 0.2) is 0 Å². The van der Waals surface area contributed by atoms with Gasteiger partial charge < -0.3 is 0 Å². The maximum absolute atomic E-state index is 13.2. The minimum absolute atomic E-state index is 0.478. The maximum Gasteiger partial charge on any atom is 0.283 e. The molecule has 0 aliphatic carbocycles. The number of hydrogen-bond donors (Lipinski definition) is 1. The fourth-order valence-electron chi connectivity index (χ4n) is 2.18. The first-order valence-corrected chi connectivity index (χ1v) is 4.92. The maximum atomic E-state index is 13.2. The van der Waals surface area contributed by atoms with E-state index in [0.29, 0.717) is 12.5 Å². The van der Waals surface area contributed by atoms with Gasteiger partial charge in [-0.25, -0.2) is 0 Å². The Balaban J connectivity index is 2.17. The van der Waals surface area contributed by atoms with E-state index in [2.05, 4.69) is 5.32 Å². The molecule has 2 rings (SSSR count). The third-order valence-corrected chi connectivity index (χ3v) is 2.84. The molecule has 0 aromatic heterocycles. The van der Waals surface area contributed by atoms with Crippen LogP contribution in [0.15, 0.2) is 0 Å². The zero-order chi connectivity index (χ0) is 8.39. The zero-order valence-corrected chi connectivity index (χ0v) is 7.35. The van der Waals surface area contributed by atoms with Crippen LogP contribution in [0.4, 0.5) is 4.48 Å². The van der Waals surface area contributed by atoms with Gasteiger partial charge in [0, 0.05) is 0 Å². The van der Waals surface area contributed by atoms with Crippen molar-refractivity contribution in [3.05, 3.63) is 0 Å². The van der Waals surface area contributed by atoms with Crippen LogP contribution in [0.1, 0.15) is 32.1 Å². The first kappa shape index (κ1) is 8.02. The molecular weight excluding hydrogens is 155 g/mol. The van der Waals surface area contributed by atoms with Crippen molar-refractivity contribution in [2.75, 3.05) is 13.1 Å². The van der Waals surface area contributed by atoms with E-state index in [1.165, 1.54) is 25.7 Å². The molecule has 0 aromatic rings. The molecule has 0 aromatic carbocycles. The van der Waals surface area contributed by atoms with Crippen molar-refractivity contribution in [3.8, 4) is 0 Å². The van der Waals surface area contributed by atoms with Gasteiger partial charge in [0.25, 0.3) is 5.84 Å². The number of nitrogens with zero attached hydrogens (tertiary/aromatic N) is 1. The largest absolute Gasteiger partial charge is 0.283 e. The molecular formula is C9H16FN2+. The summed E-state index contributed by atoms with van der Waals surface area (Å²) in [6.45, 7) is 1.53.